The molecule has 0 atom stereocenters. The smallest absolute Gasteiger partial charge is 0.0495 e. The highest BCUT2D eigenvalue weighted by molar-refractivity contribution is 9.12. The van der Waals surface area contributed by atoms with E-state index in [-0.39, 0.29) is 0 Å². The highest BCUT2D eigenvalue weighted by atomic mass is 79.9. The first-order valence-corrected chi connectivity index (χ1v) is 7.58. The largest absolute Gasteiger partial charge is 0.362 e. The zero-order valence-electron chi connectivity index (χ0n) is 11.1. The van der Waals surface area contributed by atoms with Crippen molar-refractivity contribution in [2.45, 2.75) is 20.8 Å². The van der Waals surface area contributed by atoms with Crippen molar-refractivity contribution >= 4 is 37.5 Å². The van der Waals surface area contributed by atoms with Gasteiger partial charge in [0.15, 0.2) is 0 Å². The van der Waals surface area contributed by atoms with Gasteiger partial charge in [-0.05, 0) is 32.9 Å². The van der Waals surface area contributed by atoms with E-state index in [4.69, 9.17) is 0 Å². The summed E-state index contributed by atoms with van der Waals surface area (Å²) < 4.78 is 2.39. The maximum atomic E-state index is 3.59. The van der Waals surface area contributed by atoms with Crippen molar-refractivity contribution < 1.29 is 0 Å². The predicted octanol–water partition coefficient (Wildman–Crippen LogP) is 5.40. The van der Waals surface area contributed by atoms with Crippen LogP contribution in [-0.4, -0.2) is 13.1 Å². The molecule has 1 rings (SSSR count). The molecule has 0 spiro atoms. The number of rotatable bonds is 5. The Morgan fingerprint density at radius 3 is 1.83 bits per heavy atom. The fourth-order valence-electron chi connectivity index (χ4n) is 1.54. The normalized spacial score (nSPS) is 12.7. The van der Waals surface area contributed by atoms with Crippen LogP contribution >= 0.6 is 31.9 Å². The Hall–Kier alpha value is -0.540. The average molecular weight is 373 g/mol. The number of anilines is 1. The first-order chi connectivity index (χ1) is 8.56. The molecule has 1 nitrogen and oxygen atoms in total. The summed E-state index contributed by atoms with van der Waals surface area (Å²) in [5.74, 6) is 0. The molecule has 0 aromatic heterocycles. The van der Waals surface area contributed by atoms with Crippen LogP contribution in [-0.2, 0) is 0 Å². The van der Waals surface area contributed by atoms with E-state index >= 15 is 0 Å². The summed E-state index contributed by atoms with van der Waals surface area (Å²) in [6.07, 6.45) is 4.18. The molecule has 98 valence electrons. The topological polar surface area (TPSA) is 3.24 Å². The van der Waals surface area contributed by atoms with Crippen molar-refractivity contribution in [1.82, 2.24) is 0 Å². The number of nitrogens with zero attached hydrogens (tertiary/aromatic N) is 1. The second-order valence-corrected chi connectivity index (χ2v) is 6.20. The van der Waals surface area contributed by atoms with Gasteiger partial charge in [0.05, 0.1) is 0 Å². The summed E-state index contributed by atoms with van der Waals surface area (Å²) in [4.78, 5) is 2.33. The molecule has 18 heavy (non-hydrogen) atoms. The summed E-state index contributed by atoms with van der Waals surface area (Å²) in [6, 6.07) is 8.63. The number of allylic oxidation sites excluding steroid dienone is 2. The highest BCUT2D eigenvalue weighted by Gasteiger charge is 2.08. The molecule has 0 aliphatic carbocycles. The molecule has 3 heteroatoms. The van der Waals surface area contributed by atoms with E-state index in [1.165, 1.54) is 20.2 Å². The molecule has 0 bridgehead atoms. The van der Waals surface area contributed by atoms with Crippen molar-refractivity contribution in [1.29, 1.82) is 0 Å². The van der Waals surface area contributed by atoms with Gasteiger partial charge in [-0.25, -0.2) is 0 Å². The molecule has 0 saturated heterocycles. The summed E-state index contributed by atoms with van der Waals surface area (Å²) in [7, 11) is 0. The molecule has 0 aliphatic rings. The Bertz CT molecular complexity index is 412. The van der Waals surface area contributed by atoms with Crippen molar-refractivity contribution in [3.05, 3.63) is 50.9 Å². The van der Waals surface area contributed by atoms with Gasteiger partial charge in [0.25, 0.3) is 0 Å². The van der Waals surface area contributed by atoms with Crippen LogP contribution in [0, 0.1) is 6.92 Å². The predicted molar refractivity (Wildman–Crippen MR) is 88.8 cm³/mol. The van der Waals surface area contributed by atoms with E-state index in [2.05, 4.69) is 80.1 Å². The summed E-state index contributed by atoms with van der Waals surface area (Å²) in [5.41, 5.74) is 2.52. The second-order valence-electron chi connectivity index (χ2n) is 4.16. The molecular formula is C15H19Br2N. The third-order valence-electron chi connectivity index (χ3n) is 2.71. The highest BCUT2D eigenvalue weighted by Crippen LogP contribution is 2.21. The fourth-order valence-corrected chi connectivity index (χ4v) is 2.15. The van der Waals surface area contributed by atoms with Crippen LogP contribution in [0.15, 0.2) is 45.4 Å². The average Bonchev–Trinajstić information content (AvgIpc) is 2.38. The Morgan fingerprint density at radius 2 is 1.44 bits per heavy atom. The maximum Gasteiger partial charge on any atom is 0.0495 e. The van der Waals surface area contributed by atoms with E-state index in [1.807, 2.05) is 13.8 Å². The number of aryl methyl sites for hydroxylation is 1. The Morgan fingerprint density at radius 1 is 1.00 bits per heavy atom. The lowest BCUT2D eigenvalue weighted by Crippen LogP contribution is -2.26. The number of hydrogen-bond acceptors (Lipinski definition) is 1. The molecule has 1 aromatic carbocycles. The van der Waals surface area contributed by atoms with Crippen LogP contribution < -0.4 is 4.90 Å². The number of benzene rings is 1. The minimum Gasteiger partial charge on any atom is -0.362 e. The zero-order valence-corrected chi connectivity index (χ0v) is 14.3. The molecule has 0 aliphatic heterocycles. The van der Waals surface area contributed by atoms with Crippen molar-refractivity contribution in [2.75, 3.05) is 18.0 Å². The van der Waals surface area contributed by atoms with Gasteiger partial charge in [0.2, 0.25) is 0 Å². The van der Waals surface area contributed by atoms with Gasteiger partial charge >= 0.3 is 0 Å². The van der Waals surface area contributed by atoms with Crippen LogP contribution in [0.3, 0.4) is 0 Å². The van der Waals surface area contributed by atoms with E-state index in [1.54, 1.807) is 0 Å². The summed E-state index contributed by atoms with van der Waals surface area (Å²) in [6.45, 7) is 7.95. The lowest BCUT2D eigenvalue weighted by molar-refractivity contribution is 0.941. The van der Waals surface area contributed by atoms with Crippen LogP contribution in [0.25, 0.3) is 0 Å². The lowest BCUT2D eigenvalue weighted by atomic mass is 10.2. The molecule has 0 unspecified atom stereocenters. The van der Waals surface area contributed by atoms with Gasteiger partial charge in [0, 0.05) is 27.7 Å². The molecule has 0 heterocycles. The molecule has 0 amide bonds. The molecule has 1 aromatic rings. The summed E-state index contributed by atoms with van der Waals surface area (Å²) in [5, 5.41) is 0. The van der Waals surface area contributed by atoms with Gasteiger partial charge in [-0.2, -0.15) is 0 Å². The van der Waals surface area contributed by atoms with Gasteiger partial charge in [-0.1, -0.05) is 61.7 Å². The number of hydrogen-bond donors (Lipinski definition) is 0. The second kappa shape index (κ2) is 7.80. The van der Waals surface area contributed by atoms with Gasteiger partial charge in [-0.15, -0.1) is 0 Å². The van der Waals surface area contributed by atoms with E-state index < -0.39 is 0 Å². The molecule has 0 fully saturated rings. The van der Waals surface area contributed by atoms with E-state index in [9.17, 15) is 0 Å². The Kier molecular flexibility index (Phi) is 6.72. The third-order valence-corrected chi connectivity index (χ3v) is 4.13. The first-order valence-electron chi connectivity index (χ1n) is 5.99. The molecule has 0 saturated carbocycles. The van der Waals surface area contributed by atoms with Crippen LogP contribution in [0.2, 0.25) is 0 Å². The SMILES string of the molecule is C/C=C(\Br)CN(C/C(Br)=C/C)c1ccc(C)cc1. The Balaban J connectivity index is 2.92. The quantitative estimate of drug-likeness (QED) is 0.668. The van der Waals surface area contributed by atoms with Crippen molar-refractivity contribution in [3.8, 4) is 0 Å². The maximum absolute atomic E-state index is 3.59. The molecule has 0 radical (unpaired) electrons. The molecular weight excluding hydrogens is 354 g/mol. The zero-order chi connectivity index (χ0) is 13.5. The van der Waals surface area contributed by atoms with Gasteiger partial charge in [0.1, 0.15) is 0 Å². The van der Waals surface area contributed by atoms with Gasteiger partial charge in [-0.3, -0.25) is 0 Å². The van der Waals surface area contributed by atoms with Gasteiger partial charge < -0.3 is 4.90 Å². The molecule has 0 N–H and O–H groups in total. The standard InChI is InChI=1S/C15H19Br2N/c1-4-13(16)10-18(11-14(17)5-2)15-8-6-12(3)7-9-15/h4-9H,10-11H2,1-3H3/b13-4-,14-5-. The lowest BCUT2D eigenvalue weighted by Gasteiger charge is -2.24. The van der Waals surface area contributed by atoms with E-state index in [0.29, 0.717) is 0 Å². The van der Waals surface area contributed by atoms with Crippen LogP contribution in [0.1, 0.15) is 19.4 Å². The van der Waals surface area contributed by atoms with Crippen LogP contribution in [0.4, 0.5) is 5.69 Å². The third kappa shape index (κ3) is 4.99. The fraction of sp³-hybridized carbons (Fsp3) is 0.333. The minimum atomic E-state index is 0.877. The number of halogens is 2. The minimum absolute atomic E-state index is 0.877. The summed E-state index contributed by atoms with van der Waals surface area (Å²) >= 11 is 7.17. The van der Waals surface area contributed by atoms with Crippen molar-refractivity contribution in [3.63, 3.8) is 0 Å². The Labute approximate surface area is 127 Å². The van der Waals surface area contributed by atoms with E-state index in [0.717, 1.165) is 13.1 Å². The monoisotopic (exact) mass is 371 g/mol. The van der Waals surface area contributed by atoms with Crippen LogP contribution in [0.5, 0.6) is 0 Å². The first kappa shape index (κ1) is 15.5. The van der Waals surface area contributed by atoms with Crippen molar-refractivity contribution in [2.24, 2.45) is 0 Å².